The lowest BCUT2D eigenvalue weighted by Crippen LogP contribution is -2.38. The van der Waals surface area contributed by atoms with Gasteiger partial charge >= 0.3 is 5.97 Å². The number of hydrogen-bond donors (Lipinski definition) is 0. The van der Waals surface area contributed by atoms with Crippen LogP contribution < -0.4 is 14.2 Å². The molecule has 0 aromatic heterocycles. The SMILES string of the molecule is CCCCOC(=O)C1C(C)=NC2=C(C(=O)C[C@@H](c3ccc(OC)c(OC)c3)C2)[C@@H]1c1ccccc1OC(C)C. The summed E-state index contributed by atoms with van der Waals surface area (Å²) >= 11 is 0. The first-order valence-corrected chi connectivity index (χ1v) is 13.7. The Balaban J connectivity index is 1.79. The Morgan fingerprint density at radius 1 is 1.03 bits per heavy atom. The fraction of sp³-hybridized carbons (Fsp3) is 0.469. The smallest absolute Gasteiger partial charge is 0.315 e. The molecule has 1 unspecified atom stereocenters. The number of unbranched alkanes of at least 4 members (excludes halogenated alkanes) is 1. The van der Waals surface area contributed by atoms with E-state index in [1.165, 1.54) is 0 Å². The number of carbonyl (C=O) groups is 2. The van der Waals surface area contributed by atoms with Crippen LogP contribution in [0.25, 0.3) is 0 Å². The summed E-state index contributed by atoms with van der Waals surface area (Å²) in [4.78, 5) is 32.3. The molecule has 7 heteroatoms. The van der Waals surface area contributed by atoms with E-state index in [4.69, 9.17) is 23.9 Å². The fourth-order valence-corrected chi connectivity index (χ4v) is 5.55. The summed E-state index contributed by atoms with van der Waals surface area (Å²) in [5.74, 6) is 0.278. The zero-order valence-electron chi connectivity index (χ0n) is 23.8. The molecule has 0 bridgehead atoms. The monoisotopic (exact) mass is 533 g/mol. The first-order valence-electron chi connectivity index (χ1n) is 13.7. The molecule has 2 aliphatic rings. The summed E-state index contributed by atoms with van der Waals surface area (Å²) in [7, 11) is 3.20. The average Bonchev–Trinajstić information content (AvgIpc) is 2.91. The third-order valence-electron chi connectivity index (χ3n) is 7.38. The van der Waals surface area contributed by atoms with Gasteiger partial charge in [-0.2, -0.15) is 0 Å². The van der Waals surface area contributed by atoms with Crippen LogP contribution in [0.15, 0.2) is 58.7 Å². The zero-order chi connectivity index (χ0) is 28.1. The van der Waals surface area contributed by atoms with E-state index in [9.17, 15) is 9.59 Å². The summed E-state index contributed by atoms with van der Waals surface area (Å²) in [6.45, 7) is 8.18. The lowest BCUT2D eigenvalue weighted by Gasteiger charge is -2.37. The highest BCUT2D eigenvalue weighted by Crippen LogP contribution is 2.49. The van der Waals surface area contributed by atoms with Gasteiger partial charge in [0, 0.05) is 34.9 Å². The maximum absolute atomic E-state index is 14.0. The number of benzene rings is 2. The van der Waals surface area contributed by atoms with Crippen LogP contribution in [0.4, 0.5) is 0 Å². The van der Waals surface area contributed by atoms with Crippen molar-refractivity contribution in [3.63, 3.8) is 0 Å². The lowest BCUT2D eigenvalue weighted by molar-refractivity contribution is -0.146. The number of esters is 1. The Bertz CT molecular complexity index is 1280. The molecule has 4 rings (SSSR count). The lowest BCUT2D eigenvalue weighted by atomic mass is 9.69. The zero-order valence-corrected chi connectivity index (χ0v) is 23.8. The van der Waals surface area contributed by atoms with E-state index in [0.717, 1.165) is 29.7 Å². The van der Waals surface area contributed by atoms with Crippen LogP contribution in [0.5, 0.6) is 17.2 Å². The van der Waals surface area contributed by atoms with Crippen molar-refractivity contribution in [1.82, 2.24) is 0 Å². The molecule has 1 aliphatic heterocycles. The maximum Gasteiger partial charge on any atom is 0.315 e. The van der Waals surface area contributed by atoms with Gasteiger partial charge in [0.15, 0.2) is 17.3 Å². The van der Waals surface area contributed by atoms with Crippen molar-refractivity contribution in [2.45, 2.75) is 71.3 Å². The average molecular weight is 534 g/mol. The Morgan fingerprint density at radius 2 is 1.77 bits per heavy atom. The molecule has 0 saturated carbocycles. The standard InChI is InChI=1S/C32H39NO6/c1-7-8-15-38-32(35)29-20(4)33-24-16-22(21-13-14-27(36-5)28(18-21)37-6)17-25(34)31(24)30(29)23-11-9-10-12-26(23)39-19(2)3/h9-14,18-19,22,29-30H,7-8,15-17H2,1-6H3/t22-,29?,30+/m0/s1. The van der Waals surface area contributed by atoms with Crippen molar-refractivity contribution in [2.75, 3.05) is 20.8 Å². The molecule has 0 amide bonds. The molecule has 2 aromatic carbocycles. The van der Waals surface area contributed by atoms with E-state index in [0.29, 0.717) is 48.0 Å². The number of hydrogen-bond acceptors (Lipinski definition) is 7. The predicted molar refractivity (Wildman–Crippen MR) is 151 cm³/mol. The van der Waals surface area contributed by atoms with Crippen LogP contribution in [0.2, 0.25) is 0 Å². The van der Waals surface area contributed by atoms with Gasteiger partial charge in [-0.3, -0.25) is 14.6 Å². The molecule has 1 heterocycles. The first kappa shape index (κ1) is 28.4. The van der Waals surface area contributed by atoms with Gasteiger partial charge in [0.25, 0.3) is 0 Å². The van der Waals surface area contributed by atoms with E-state index in [1.807, 2.05) is 63.2 Å². The molecule has 2 aromatic rings. The number of rotatable bonds is 10. The van der Waals surface area contributed by atoms with E-state index >= 15 is 0 Å². The number of para-hydroxylation sites is 1. The summed E-state index contributed by atoms with van der Waals surface area (Å²) in [5.41, 5.74) is 3.77. The Kier molecular flexibility index (Phi) is 9.10. The van der Waals surface area contributed by atoms with Crippen molar-refractivity contribution >= 4 is 17.5 Å². The number of methoxy groups -OCH3 is 2. The molecule has 0 spiro atoms. The van der Waals surface area contributed by atoms with E-state index in [2.05, 4.69) is 6.92 Å². The molecule has 0 N–H and O–H groups in total. The second kappa shape index (κ2) is 12.5. The highest BCUT2D eigenvalue weighted by atomic mass is 16.5. The van der Waals surface area contributed by atoms with Gasteiger partial charge < -0.3 is 18.9 Å². The predicted octanol–water partition coefficient (Wildman–Crippen LogP) is 6.41. The Hall–Kier alpha value is -3.61. The largest absolute Gasteiger partial charge is 0.493 e. The topological polar surface area (TPSA) is 83.4 Å². The number of nitrogens with zero attached hydrogens (tertiary/aromatic N) is 1. The molecule has 1 aliphatic carbocycles. The number of Topliss-reactive ketones (excluding diaryl/α,β-unsaturated/α-hetero) is 1. The van der Waals surface area contributed by atoms with Crippen molar-refractivity contribution in [3.05, 3.63) is 64.9 Å². The highest BCUT2D eigenvalue weighted by Gasteiger charge is 2.45. The van der Waals surface area contributed by atoms with E-state index < -0.39 is 11.8 Å². The van der Waals surface area contributed by atoms with Gasteiger partial charge in [0.05, 0.1) is 26.9 Å². The van der Waals surface area contributed by atoms with Gasteiger partial charge in [0.2, 0.25) is 0 Å². The minimum atomic E-state index is -0.695. The molecule has 7 nitrogen and oxygen atoms in total. The third kappa shape index (κ3) is 6.02. The van der Waals surface area contributed by atoms with Gasteiger partial charge in [-0.25, -0.2) is 0 Å². The number of carbonyl (C=O) groups excluding carboxylic acids is 2. The molecule has 208 valence electrons. The second-order valence-electron chi connectivity index (χ2n) is 10.4. The van der Waals surface area contributed by atoms with Gasteiger partial charge in [0.1, 0.15) is 11.7 Å². The molecular weight excluding hydrogens is 494 g/mol. The highest BCUT2D eigenvalue weighted by molar-refractivity contribution is 6.09. The summed E-state index contributed by atoms with van der Waals surface area (Å²) in [5, 5.41) is 0. The number of aliphatic imine (C=N–C) groups is 1. The molecule has 0 saturated heterocycles. The fourth-order valence-electron chi connectivity index (χ4n) is 5.55. The second-order valence-corrected chi connectivity index (χ2v) is 10.4. The minimum Gasteiger partial charge on any atom is -0.493 e. The van der Waals surface area contributed by atoms with Crippen LogP contribution in [-0.4, -0.2) is 44.4 Å². The van der Waals surface area contributed by atoms with Gasteiger partial charge in [-0.05, 0) is 63.3 Å². The van der Waals surface area contributed by atoms with Crippen LogP contribution in [0.1, 0.15) is 76.3 Å². The summed E-state index contributed by atoms with van der Waals surface area (Å²) < 4.78 is 22.8. The Labute approximate surface area is 231 Å². The van der Waals surface area contributed by atoms with Crippen molar-refractivity contribution < 1.29 is 28.5 Å². The first-order chi connectivity index (χ1) is 18.8. The molecule has 39 heavy (non-hydrogen) atoms. The van der Waals surface area contributed by atoms with E-state index in [1.54, 1.807) is 14.2 Å². The normalized spacial score (nSPS) is 20.8. The summed E-state index contributed by atoms with van der Waals surface area (Å²) in [6.07, 6.45) is 2.53. The van der Waals surface area contributed by atoms with Crippen LogP contribution in [-0.2, 0) is 14.3 Å². The Morgan fingerprint density at radius 3 is 2.46 bits per heavy atom. The number of ketones is 1. The molecule has 0 fully saturated rings. The quantitative estimate of drug-likeness (QED) is 0.259. The van der Waals surface area contributed by atoms with Gasteiger partial charge in [-0.15, -0.1) is 0 Å². The molecule has 0 radical (unpaired) electrons. The van der Waals surface area contributed by atoms with Crippen LogP contribution in [0.3, 0.4) is 0 Å². The number of ether oxygens (including phenoxy) is 4. The summed E-state index contributed by atoms with van der Waals surface area (Å²) in [6, 6.07) is 13.4. The van der Waals surface area contributed by atoms with Crippen molar-refractivity contribution in [3.8, 4) is 17.2 Å². The maximum atomic E-state index is 14.0. The van der Waals surface area contributed by atoms with Crippen LogP contribution >= 0.6 is 0 Å². The molecule has 3 atom stereocenters. The van der Waals surface area contributed by atoms with Gasteiger partial charge in [-0.1, -0.05) is 37.6 Å². The van der Waals surface area contributed by atoms with Crippen molar-refractivity contribution in [2.24, 2.45) is 10.9 Å². The third-order valence-corrected chi connectivity index (χ3v) is 7.38. The minimum absolute atomic E-state index is 0.0111. The molecular formula is C32H39NO6. The van der Waals surface area contributed by atoms with E-state index in [-0.39, 0.29) is 23.8 Å². The van der Waals surface area contributed by atoms with Crippen molar-refractivity contribution in [1.29, 1.82) is 0 Å². The van der Waals surface area contributed by atoms with Crippen LogP contribution in [0, 0.1) is 5.92 Å². The number of allylic oxidation sites excluding steroid dienone is 2.